The first-order valence-corrected chi connectivity index (χ1v) is 6.59. The van der Waals surface area contributed by atoms with E-state index in [2.05, 4.69) is 19.7 Å². The molecule has 0 aliphatic heterocycles. The smallest absolute Gasteiger partial charge is 0.159 e. The Labute approximate surface area is 114 Å². The van der Waals surface area contributed by atoms with E-state index in [1.165, 1.54) is 0 Å². The molecule has 6 heteroatoms. The number of aromatic amines is 1. The number of benzene rings is 1. The molecule has 0 amide bonds. The SMILES string of the molecule is Nc1cc(-c2nc3cccc(Cl)c3n2C2CC2)[nH]n1. The fraction of sp³-hybridized carbons (Fsp3) is 0.231. The largest absolute Gasteiger partial charge is 0.382 e. The van der Waals surface area contributed by atoms with Crippen LogP contribution in [0.3, 0.4) is 0 Å². The van der Waals surface area contributed by atoms with Gasteiger partial charge in [0.1, 0.15) is 11.5 Å². The van der Waals surface area contributed by atoms with E-state index in [4.69, 9.17) is 17.3 Å². The van der Waals surface area contributed by atoms with Crippen LogP contribution in [-0.2, 0) is 0 Å². The van der Waals surface area contributed by atoms with Gasteiger partial charge in [0.15, 0.2) is 5.82 Å². The summed E-state index contributed by atoms with van der Waals surface area (Å²) < 4.78 is 2.20. The summed E-state index contributed by atoms with van der Waals surface area (Å²) in [5.41, 5.74) is 8.41. The lowest BCUT2D eigenvalue weighted by atomic mass is 10.3. The molecule has 0 unspecified atom stereocenters. The van der Waals surface area contributed by atoms with E-state index in [1.807, 2.05) is 18.2 Å². The van der Waals surface area contributed by atoms with Gasteiger partial charge in [0.05, 0.1) is 16.1 Å². The summed E-state index contributed by atoms with van der Waals surface area (Å²) in [5, 5.41) is 7.63. The molecule has 0 bridgehead atoms. The minimum atomic E-state index is 0.468. The van der Waals surface area contributed by atoms with Crippen molar-refractivity contribution in [2.45, 2.75) is 18.9 Å². The van der Waals surface area contributed by atoms with Gasteiger partial charge >= 0.3 is 0 Å². The lowest BCUT2D eigenvalue weighted by Gasteiger charge is -2.06. The Kier molecular flexibility index (Phi) is 2.14. The first-order chi connectivity index (χ1) is 9.24. The van der Waals surface area contributed by atoms with Crippen LogP contribution in [0.15, 0.2) is 24.3 Å². The Morgan fingerprint density at radius 2 is 2.21 bits per heavy atom. The van der Waals surface area contributed by atoms with E-state index in [1.54, 1.807) is 6.07 Å². The summed E-state index contributed by atoms with van der Waals surface area (Å²) in [6.07, 6.45) is 2.32. The van der Waals surface area contributed by atoms with Crippen LogP contribution in [-0.4, -0.2) is 19.7 Å². The average Bonchev–Trinajstić information content (AvgIpc) is 3.01. The number of rotatable bonds is 2. The molecule has 1 aliphatic carbocycles. The predicted molar refractivity (Wildman–Crippen MR) is 75.0 cm³/mol. The summed E-state index contributed by atoms with van der Waals surface area (Å²) in [6.45, 7) is 0. The highest BCUT2D eigenvalue weighted by atomic mass is 35.5. The van der Waals surface area contributed by atoms with Crippen LogP contribution in [0.4, 0.5) is 5.82 Å². The molecular formula is C13H12ClN5. The topological polar surface area (TPSA) is 72.5 Å². The number of fused-ring (bicyclic) bond motifs is 1. The highest BCUT2D eigenvalue weighted by Crippen LogP contribution is 2.42. The molecule has 3 aromatic rings. The van der Waals surface area contributed by atoms with Gasteiger partial charge in [0, 0.05) is 12.1 Å². The fourth-order valence-corrected chi connectivity index (χ4v) is 2.70. The van der Waals surface area contributed by atoms with E-state index in [9.17, 15) is 0 Å². The second kappa shape index (κ2) is 3.74. The van der Waals surface area contributed by atoms with Crippen molar-refractivity contribution < 1.29 is 0 Å². The second-order valence-electron chi connectivity index (χ2n) is 4.85. The van der Waals surface area contributed by atoms with Gasteiger partial charge in [-0.05, 0) is 25.0 Å². The predicted octanol–water partition coefficient (Wildman–Crippen LogP) is 3.00. The number of hydrogen-bond acceptors (Lipinski definition) is 3. The number of para-hydroxylation sites is 1. The van der Waals surface area contributed by atoms with E-state index >= 15 is 0 Å². The van der Waals surface area contributed by atoms with E-state index in [0.29, 0.717) is 11.9 Å². The van der Waals surface area contributed by atoms with Crippen LogP contribution in [0.25, 0.3) is 22.6 Å². The van der Waals surface area contributed by atoms with Gasteiger partial charge in [-0.2, -0.15) is 5.10 Å². The molecule has 1 fully saturated rings. The zero-order chi connectivity index (χ0) is 13.0. The monoisotopic (exact) mass is 273 g/mol. The molecular weight excluding hydrogens is 262 g/mol. The summed E-state index contributed by atoms with van der Waals surface area (Å²) >= 11 is 6.33. The minimum absolute atomic E-state index is 0.468. The molecule has 4 rings (SSSR count). The van der Waals surface area contributed by atoms with Crippen molar-refractivity contribution in [2.24, 2.45) is 0 Å². The summed E-state index contributed by atoms with van der Waals surface area (Å²) in [4.78, 5) is 4.67. The first-order valence-electron chi connectivity index (χ1n) is 6.22. The highest BCUT2D eigenvalue weighted by Gasteiger charge is 2.30. The standard InChI is InChI=1S/C13H12ClN5/c14-8-2-1-3-9-12(8)19(7-4-5-7)13(16-9)10-6-11(15)18-17-10/h1-3,6-7H,4-5H2,(H3,15,17,18). The number of imidazole rings is 1. The van der Waals surface area contributed by atoms with Crippen LogP contribution in [0.2, 0.25) is 5.02 Å². The Morgan fingerprint density at radius 3 is 2.89 bits per heavy atom. The van der Waals surface area contributed by atoms with Gasteiger partial charge in [0.25, 0.3) is 0 Å². The second-order valence-corrected chi connectivity index (χ2v) is 5.26. The highest BCUT2D eigenvalue weighted by molar-refractivity contribution is 6.35. The van der Waals surface area contributed by atoms with Gasteiger partial charge in [-0.3, -0.25) is 5.10 Å². The van der Waals surface area contributed by atoms with E-state index < -0.39 is 0 Å². The third kappa shape index (κ3) is 1.62. The zero-order valence-corrected chi connectivity index (χ0v) is 10.9. The Balaban J connectivity index is 2.05. The molecule has 19 heavy (non-hydrogen) atoms. The number of H-pyrrole nitrogens is 1. The molecule has 1 saturated carbocycles. The Hall–Kier alpha value is -2.01. The molecule has 1 aliphatic rings. The van der Waals surface area contributed by atoms with Crippen molar-refractivity contribution in [2.75, 3.05) is 5.73 Å². The third-order valence-electron chi connectivity index (χ3n) is 3.41. The number of nitrogens with two attached hydrogens (primary N) is 1. The first kappa shape index (κ1) is 10.9. The third-order valence-corrected chi connectivity index (χ3v) is 3.72. The molecule has 5 nitrogen and oxygen atoms in total. The number of nitrogens with zero attached hydrogens (tertiary/aromatic N) is 3. The number of aromatic nitrogens is 4. The Bertz CT molecular complexity index is 769. The number of halogens is 1. The maximum atomic E-state index is 6.33. The molecule has 2 heterocycles. The minimum Gasteiger partial charge on any atom is -0.382 e. The maximum Gasteiger partial charge on any atom is 0.159 e. The van der Waals surface area contributed by atoms with E-state index in [-0.39, 0.29) is 0 Å². The zero-order valence-electron chi connectivity index (χ0n) is 10.1. The van der Waals surface area contributed by atoms with Crippen molar-refractivity contribution in [1.29, 1.82) is 0 Å². The molecule has 2 aromatic heterocycles. The van der Waals surface area contributed by atoms with Crippen molar-refractivity contribution in [1.82, 2.24) is 19.7 Å². The summed E-state index contributed by atoms with van der Waals surface area (Å²) in [7, 11) is 0. The number of hydrogen-bond donors (Lipinski definition) is 2. The van der Waals surface area contributed by atoms with Gasteiger partial charge in [-0.1, -0.05) is 17.7 Å². The number of nitrogens with one attached hydrogen (secondary N) is 1. The number of anilines is 1. The Morgan fingerprint density at radius 1 is 1.37 bits per heavy atom. The molecule has 96 valence electrons. The van der Waals surface area contributed by atoms with E-state index in [0.717, 1.165) is 40.4 Å². The molecule has 0 saturated heterocycles. The van der Waals surface area contributed by atoms with Crippen molar-refractivity contribution in [3.8, 4) is 11.5 Å². The summed E-state index contributed by atoms with van der Waals surface area (Å²) in [5.74, 6) is 1.32. The normalized spacial score (nSPS) is 15.2. The van der Waals surface area contributed by atoms with Crippen LogP contribution >= 0.6 is 11.6 Å². The van der Waals surface area contributed by atoms with Crippen molar-refractivity contribution in [3.63, 3.8) is 0 Å². The lowest BCUT2D eigenvalue weighted by molar-refractivity contribution is 0.771. The van der Waals surface area contributed by atoms with Gasteiger partial charge in [-0.15, -0.1) is 0 Å². The van der Waals surface area contributed by atoms with Gasteiger partial charge in [-0.25, -0.2) is 4.98 Å². The summed E-state index contributed by atoms with van der Waals surface area (Å²) in [6, 6.07) is 8.07. The molecule has 0 spiro atoms. The number of nitrogen functional groups attached to an aromatic ring is 1. The van der Waals surface area contributed by atoms with Crippen molar-refractivity contribution in [3.05, 3.63) is 29.3 Å². The van der Waals surface area contributed by atoms with Crippen molar-refractivity contribution >= 4 is 28.5 Å². The maximum absolute atomic E-state index is 6.33. The quantitative estimate of drug-likeness (QED) is 0.754. The molecule has 0 radical (unpaired) electrons. The lowest BCUT2D eigenvalue weighted by Crippen LogP contribution is -1.98. The average molecular weight is 274 g/mol. The molecule has 3 N–H and O–H groups in total. The molecule has 1 aromatic carbocycles. The molecule has 0 atom stereocenters. The van der Waals surface area contributed by atoms with Crippen LogP contribution < -0.4 is 5.73 Å². The van der Waals surface area contributed by atoms with Crippen LogP contribution in [0.5, 0.6) is 0 Å². The van der Waals surface area contributed by atoms with Gasteiger partial charge in [0.2, 0.25) is 0 Å². The van der Waals surface area contributed by atoms with Crippen LogP contribution in [0, 0.1) is 0 Å². The van der Waals surface area contributed by atoms with Crippen LogP contribution in [0.1, 0.15) is 18.9 Å². The van der Waals surface area contributed by atoms with Gasteiger partial charge < -0.3 is 10.3 Å². The fourth-order valence-electron chi connectivity index (χ4n) is 2.44.